The molecule has 0 saturated heterocycles. The van der Waals surface area contributed by atoms with Gasteiger partial charge in [-0.2, -0.15) is 0 Å². The number of pyridine rings is 2. The molecule has 2 aromatic heterocycles. The van der Waals surface area contributed by atoms with E-state index in [0.717, 1.165) is 33.9 Å². The zero-order chi connectivity index (χ0) is 26.5. The molecular weight excluding hydrogens is 531 g/mol. The Morgan fingerprint density at radius 3 is 1.31 bits per heavy atom. The van der Waals surface area contributed by atoms with Crippen LogP contribution in [0, 0.1) is 13.8 Å². The second-order valence-electron chi connectivity index (χ2n) is 8.86. The molecule has 0 bridgehead atoms. The molecule has 0 spiro atoms. The van der Waals surface area contributed by atoms with Gasteiger partial charge >= 0.3 is 0 Å². The van der Waals surface area contributed by atoms with Gasteiger partial charge in [0.2, 0.25) is 11.6 Å². The van der Waals surface area contributed by atoms with E-state index in [-0.39, 0.29) is 28.1 Å². The van der Waals surface area contributed by atoms with Crippen LogP contribution in [-0.4, -0.2) is 33.0 Å². The molecule has 2 aromatic carbocycles. The van der Waals surface area contributed by atoms with Crippen LogP contribution in [0.5, 0.6) is 0 Å². The molecule has 0 unspecified atom stereocenters. The quantitative estimate of drug-likeness (QED) is 0.264. The number of hydrogen-bond acceptors (Lipinski definition) is 6. The second kappa shape index (κ2) is 12.3. The molecule has 7 heteroatoms. The topological polar surface area (TPSA) is 84.6 Å². The van der Waals surface area contributed by atoms with Gasteiger partial charge in [-0.3, -0.25) is 19.6 Å². The number of aliphatic imine (C=N–C) groups is 2. The van der Waals surface area contributed by atoms with Crippen molar-refractivity contribution in [2.24, 2.45) is 9.98 Å². The van der Waals surface area contributed by atoms with Crippen LogP contribution in [0.4, 0.5) is 11.4 Å². The van der Waals surface area contributed by atoms with Crippen molar-refractivity contribution < 1.29 is 26.1 Å². The number of rotatable bonds is 2. The summed E-state index contributed by atoms with van der Waals surface area (Å²) >= 11 is 0. The monoisotopic (exact) mass is 554 g/mol. The van der Waals surface area contributed by atoms with Crippen molar-refractivity contribution in [2.75, 3.05) is 0 Å². The first-order valence-electron chi connectivity index (χ1n) is 12.1. The first kappa shape index (κ1) is 27.4. The molecule has 2 aliphatic rings. The first-order valence-corrected chi connectivity index (χ1v) is 12.1. The maximum absolute atomic E-state index is 11.7. The summed E-state index contributed by atoms with van der Waals surface area (Å²) in [6, 6.07) is 23.3. The number of nitrogens with zero attached hydrogens (tertiary/aromatic N) is 4. The number of benzene rings is 2. The fourth-order valence-corrected chi connectivity index (χ4v) is 3.98. The van der Waals surface area contributed by atoms with Gasteiger partial charge in [0.15, 0.2) is 0 Å². The SMILES string of the molecule is Cc1ccc(N=C2C=CC(=O)c3ncccc32)cc1.Cc1ccc(N=C2C=CC(=O)c3ncccc32)cc1.[Ni]. The molecule has 4 aromatic rings. The zero-order valence-electron chi connectivity index (χ0n) is 21.3. The Kier molecular flexibility index (Phi) is 8.64. The molecule has 0 N–H and O–H groups in total. The second-order valence-corrected chi connectivity index (χ2v) is 8.86. The van der Waals surface area contributed by atoms with Gasteiger partial charge in [0.1, 0.15) is 11.4 Å². The largest absolute Gasteiger partial charge is 0.288 e. The van der Waals surface area contributed by atoms with Gasteiger partial charge < -0.3 is 0 Å². The van der Waals surface area contributed by atoms with Crippen molar-refractivity contribution >= 4 is 34.4 Å². The number of carbonyl (C=O) groups is 2. The molecule has 6 nitrogen and oxygen atoms in total. The molecule has 0 saturated carbocycles. The molecule has 0 radical (unpaired) electrons. The van der Waals surface area contributed by atoms with Crippen LogP contribution in [0.3, 0.4) is 0 Å². The van der Waals surface area contributed by atoms with Crippen LogP contribution < -0.4 is 0 Å². The summed E-state index contributed by atoms with van der Waals surface area (Å²) < 4.78 is 0. The number of fused-ring (bicyclic) bond motifs is 2. The molecule has 0 amide bonds. The average molecular weight is 555 g/mol. The van der Waals surface area contributed by atoms with Crippen molar-refractivity contribution in [3.8, 4) is 0 Å². The van der Waals surface area contributed by atoms with Crippen LogP contribution in [0.2, 0.25) is 0 Å². The van der Waals surface area contributed by atoms with Gasteiger partial charge in [-0.25, -0.2) is 9.98 Å². The first-order chi connectivity index (χ1) is 18.5. The molecule has 0 atom stereocenters. The molecule has 2 aliphatic carbocycles. The maximum atomic E-state index is 11.7. The summed E-state index contributed by atoms with van der Waals surface area (Å²) in [4.78, 5) is 40.8. The van der Waals surface area contributed by atoms with E-state index in [1.807, 2.05) is 86.6 Å². The van der Waals surface area contributed by atoms with E-state index >= 15 is 0 Å². The fraction of sp³-hybridized carbons (Fsp3) is 0.0625. The number of aromatic nitrogens is 2. The van der Waals surface area contributed by atoms with Gasteiger partial charge in [-0.15, -0.1) is 0 Å². The number of aryl methyl sites for hydroxylation is 2. The number of allylic oxidation sites excluding steroid dienone is 4. The van der Waals surface area contributed by atoms with Gasteiger partial charge in [0, 0.05) is 40.0 Å². The van der Waals surface area contributed by atoms with Crippen LogP contribution in [0.25, 0.3) is 0 Å². The Bertz CT molecular complexity index is 1530. The smallest absolute Gasteiger partial charge is 0.204 e. The number of carbonyl (C=O) groups excluding carboxylic acids is 2. The summed E-state index contributed by atoms with van der Waals surface area (Å²) in [6.45, 7) is 4.07. The van der Waals surface area contributed by atoms with Crippen molar-refractivity contribution in [1.29, 1.82) is 0 Å². The number of ketones is 2. The van der Waals surface area contributed by atoms with E-state index in [0.29, 0.717) is 11.4 Å². The van der Waals surface area contributed by atoms with E-state index < -0.39 is 0 Å². The predicted octanol–water partition coefficient (Wildman–Crippen LogP) is 6.52. The summed E-state index contributed by atoms with van der Waals surface area (Å²) in [5, 5.41) is 0. The Morgan fingerprint density at radius 1 is 0.538 bits per heavy atom. The normalized spacial score (nSPS) is 15.2. The molecule has 2 heterocycles. The van der Waals surface area contributed by atoms with E-state index in [1.165, 1.54) is 23.3 Å². The van der Waals surface area contributed by atoms with E-state index in [9.17, 15) is 9.59 Å². The number of hydrogen-bond donors (Lipinski definition) is 0. The van der Waals surface area contributed by atoms with Crippen LogP contribution in [-0.2, 0) is 16.5 Å². The fourth-order valence-electron chi connectivity index (χ4n) is 3.98. The van der Waals surface area contributed by atoms with Crippen molar-refractivity contribution in [2.45, 2.75) is 13.8 Å². The van der Waals surface area contributed by atoms with Gasteiger partial charge in [-0.1, -0.05) is 35.4 Å². The molecule has 0 fully saturated rings. The van der Waals surface area contributed by atoms with Crippen LogP contribution >= 0.6 is 0 Å². The van der Waals surface area contributed by atoms with Crippen LogP contribution in [0.15, 0.2) is 119 Å². The minimum atomic E-state index is -0.0709. The Morgan fingerprint density at radius 2 is 0.923 bits per heavy atom. The van der Waals surface area contributed by atoms with Gasteiger partial charge in [0.25, 0.3) is 0 Å². The van der Waals surface area contributed by atoms with Crippen LogP contribution in [0.1, 0.15) is 43.2 Å². The molecule has 6 rings (SSSR count). The van der Waals surface area contributed by atoms with E-state index in [4.69, 9.17) is 0 Å². The van der Waals surface area contributed by atoms with E-state index in [1.54, 1.807) is 24.5 Å². The minimum Gasteiger partial charge on any atom is -0.288 e. The van der Waals surface area contributed by atoms with E-state index in [2.05, 4.69) is 20.0 Å². The summed E-state index contributed by atoms with van der Waals surface area (Å²) in [6.07, 6.45) is 9.77. The molecule has 194 valence electrons. The minimum absolute atomic E-state index is 0. The third-order valence-corrected chi connectivity index (χ3v) is 5.99. The molecular formula is C32H24N4NiO2. The Labute approximate surface area is 236 Å². The van der Waals surface area contributed by atoms with Gasteiger partial charge in [0.05, 0.1) is 22.8 Å². The summed E-state index contributed by atoms with van der Waals surface area (Å²) in [5.41, 5.74) is 8.18. The van der Waals surface area contributed by atoms with Crippen molar-refractivity contribution in [3.63, 3.8) is 0 Å². The molecule has 0 aliphatic heterocycles. The Hall–Kier alpha value is -4.61. The standard InChI is InChI=1S/2C16H12N2O.Ni/c2*1-11-4-6-12(7-5-11)18-14-8-9-15(19)16-13(14)3-2-10-17-16;/h2*2-10H,1H3;. The average Bonchev–Trinajstić information content (AvgIpc) is 2.95. The summed E-state index contributed by atoms with van der Waals surface area (Å²) in [5.74, 6) is -0.142. The third kappa shape index (κ3) is 6.46. The third-order valence-electron chi connectivity index (χ3n) is 5.99. The zero-order valence-corrected chi connectivity index (χ0v) is 22.3. The summed E-state index contributed by atoms with van der Waals surface area (Å²) in [7, 11) is 0. The predicted molar refractivity (Wildman–Crippen MR) is 150 cm³/mol. The van der Waals surface area contributed by atoms with Gasteiger partial charge in [-0.05, 0) is 86.7 Å². The Balaban J connectivity index is 0.000000176. The van der Waals surface area contributed by atoms with Crippen molar-refractivity contribution in [3.05, 3.63) is 143 Å². The van der Waals surface area contributed by atoms with Crippen molar-refractivity contribution in [1.82, 2.24) is 9.97 Å². The maximum Gasteiger partial charge on any atom is 0.204 e. The molecule has 39 heavy (non-hydrogen) atoms.